The van der Waals surface area contributed by atoms with E-state index in [1.807, 2.05) is 24.4 Å². The van der Waals surface area contributed by atoms with Crippen molar-refractivity contribution in [2.75, 3.05) is 5.32 Å². The van der Waals surface area contributed by atoms with E-state index in [1.165, 1.54) is 25.7 Å². The number of nitrogens with zero attached hydrogens (tertiary/aromatic N) is 1. The highest BCUT2D eigenvalue weighted by atomic mass is 35.5. The Morgan fingerprint density at radius 2 is 2.26 bits per heavy atom. The van der Waals surface area contributed by atoms with Gasteiger partial charge < -0.3 is 10.3 Å². The van der Waals surface area contributed by atoms with Crippen LogP contribution in [0.4, 0.5) is 5.13 Å². The van der Waals surface area contributed by atoms with E-state index in [-0.39, 0.29) is 0 Å². The summed E-state index contributed by atoms with van der Waals surface area (Å²) in [7, 11) is 0. The predicted octanol–water partition coefficient (Wildman–Crippen LogP) is 5.94. The maximum absolute atomic E-state index is 6.14. The predicted molar refractivity (Wildman–Crippen MR) is 99.5 cm³/mol. The number of benzene rings is 1. The monoisotopic (exact) mass is 345 g/mol. The highest BCUT2D eigenvalue weighted by Crippen LogP contribution is 2.33. The molecule has 5 heteroatoms. The lowest BCUT2D eigenvalue weighted by Gasteiger charge is -2.27. The molecule has 2 atom stereocenters. The average Bonchev–Trinajstić information content (AvgIpc) is 3.13. The number of aromatic nitrogens is 2. The molecule has 1 fully saturated rings. The first kappa shape index (κ1) is 15.0. The van der Waals surface area contributed by atoms with Crippen LogP contribution in [-0.4, -0.2) is 16.0 Å². The Kier molecular flexibility index (Phi) is 4.04. The molecule has 0 bridgehead atoms. The number of hydrogen-bond donors (Lipinski definition) is 2. The zero-order valence-electron chi connectivity index (χ0n) is 13.1. The molecule has 2 heterocycles. The summed E-state index contributed by atoms with van der Waals surface area (Å²) in [5.74, 6) is 0.816. The maximum Gasteiger partial charge on any atom is 0.183 e. The van der Waals surface area contributed by atoms with E-state index in [0.717, 1.165) is 38.2 Å². The number of aromatic amines is 1. The van der Waals surface area contributed by atoms with E-state index >= 15 is 0 Å². The number of hydrogen-bond acceptors (Lipinski definition) is 3. The Morgan fingerprint density at radius 1 is 1.35 bits per heavy atom. The zero-order chi connectivity index (χ0) is 15.8. The van der Waals surface area contributed by atoms with Crippen molar-refractivity contribution in [2.45, 2.75) is 38.6 Å². The van der Waals surface area contributed by atoms with Crippen LogP contribution in [0.3, 0.4) is 0 Å². The van der Waals surface area contributed by atoms with E-state index in [1.54, 1.807) is 11.3 Å². The molecule has 1 saturated carbocycles. The van der Waals surface area contributed by atoms with Crippen LogP contribution in [0.15, 0.2) is 29.8 Å². The molecule has 0 radical (unpaired) electrons. The van der Waals surface area contributed by atoms with Gasteiger partial charge in [-0.3, -0.25) is 0 Å². The van der Waals surface area contributed by atoms with Crippen molar-refractivity contribution in [3.05, 3.63) is 34.8 Å². The van der Waals surface area contributed by atoms with Gasteiger partial charge in [-0.05, 0) is 37.0 Å². The van der Waals surface area contributed by atoms with E-state index < -0.39 is 0 Å². The Morgan fingerprint density at radius 3 is 3.13 bits per heavy atom. The summed E-state index contributed by atoms with van der Waals surface area (Å²) in [6.07, 6.45) is 7.19. The standard InChI is InChI=1S/C18H20ClN3S/c1-11-3-2-4-13(7-11)21-18-22-17(10-23-18)15-9-20-16-6-5-12(19)8-14(15)16/h5-6,8-11,13,20H,2-4,7H2,1H3,(H,21,22). The van der Waals surface area contributed by atoms with Gasteiger partial charge in [0.1, 0.15) is 0 Å². The van der Waals surface area contributed by atoms with Gasteiger partial charge in [0.2, 0.25) is 0 Å². The van der Waals surface area contributed by atoms with Crippen LogP contribution < -0.4 is 5.32 Å². The zero-order valence-corrected chi connectivity index (χ0v) is 14.7. The van der Waals surface area contributed by atoms with Crippen molar-refractivity contribution in [3.8, 4) is 11.3 Å². The van der Waals surface area contributed by atoms with Crippen LogP contribution >= 0.6 is 22.9 Å². The second-order valence-electron chi connectivity index (χ2n) is 6.54. The van der Waals surface area contributed by atoms with Crippen molar-refractivity contribution < 1.29 is 0 Å². The molecule has 3 nitrogen and oxygen atoms in total. The van der Waals surface area contributed by atoms with Crippen LogP contribution in [0.25, 0.3) is 22.2 Å². The van der Waals surface area contributed by atoms with Gasteiger partial charge in [0.05, 0.1) is 5.69 Å². The van der Waals surface area contributed by atoms with Crippen molar-refractivity contribution in [2.24, 2.45) is 5.92 Å². The number of anilines is 1. The molecule has 2 unspecified atom stereocenters. The first-order valence-corrected chi connectivity index (χ1v) is 9.44. The van der Waals surface area contributed by atoms with E-state index in [2.05, 4.69) is 22.6 Å². The summed E-state index contributed by atoms with van der Waals surface area (Å²) >= 11 is 7.82. The van der Waals surface area contributed by atoms with Gasteiger partial charge in [-0.25, -0.2) is 4.98 Å². The lowest BCUT2D eigenvalue weighted by Crippen LogP contribution is -2.26. The molecule has 1 aromatic carbocycles. The van der Waals surface area contributed by atoms with E-state index in [4.69, 9.17) is 16.6 Å². The molecule has 2 aromatic heterocycles. The molecule has 0 aliphatic heterocycles. The summed E-state index contributed by atoms with van der Waals surface area (Å²) in [5.41, 5.74) is 3.21. The molecule has 1 aliphatic rings. The summed E-state index contributed by atoms with van der Waals surface area (Å²) < 4.78 is 0. The molecule has 3 aromatic rings. The van der Waals surface area contributed by atoms with Crippen LogP contribution in [0.1, 0.15) is 32.6 Å². The highest BCUT2D eigenvalue weighted by Gasteiger charge is 2.20. The molecule has 1 aliphatic carbocycles. The molecule has 23 heavy (non-hydrogen) atoms. The van der Waals surface area contributed by atoms with Crippen LogP contribution in [0.2, 0.25) is 5.02 Å². The Hall–Kier alpha value is -1.52. The number of thiazole rings is 1. The number of H-pyrrole nitrogens is 1. The maximum atomic E-state index is 6.14. The fourth-order valence-corrected chi connectivity index (χ4v) is 4.47. The van der Waals surface area contributed by atoms with Crippen LogP contribution in [0.5, 0.6) is 0 Å². The molecule has 0 spiro atoms. The first-order chi connectivity index (χ1) is 11.2. The SMILES string of the molecule is CC1CCCC(Nc2nc(-c3c[nH]c4ccc(Cl)cc34)cs2)C1. The molecule has 4 rings (SSSR count). The highest BCUT2D eigenvalue weighted by molar-refractivity contribution is 7.14. The van der Waals surface area contributed by atoms with Gasteiger partial charge in [0.25, 0.3) is 0 Å². The fourth-order valence-electron chi connectivity index (χ4n) is 3.51. The molecule has 0 saturated heterocycles. The second kappa shape index (κ2) is 6.17. The van der Waals surface area contributed by atoms with Crippen molar-refractivity contribution in [3.63, 3.8) is 0 Å². The first-order valence-electron chi connectivity index (χ1n) is 8.18. The second-order valence-corrected chi connectivity index (χ2v) is 7.84. The minimum atomic E-state index is 0.565. The Bertz CT molecular complexity index is 823. The van der Waals surface area contributed by atoms with E-state index in [9.17, 15) is 0 Å². The summed E-state index contributed by atoms with van der Waals surface area (Å²) in [6.45, 7) is 2.34. The van der Waals surface area contributed by atoms with Crippen molar-refractivity contribution >= 4 is 39.0 Å². The fraction of sp³-hybridized carbons (Fsp3) is 0.389. The molecular weight excluding hydrogens is 326 g/mol. The number of fused-ring (bicyclic) bond motifs is 1. The Balaban J connectivity index is 1.58. The van der Waals surface area contributed by atoms with Crippen molar-refractivity contribution in [1.29, 1.82) is 0 Å². The lowest BCUT2D eigenvalue weighted by atomic mass is 9.87. The smallest absolute Gasteiger partial charge is 0.183 e. The van der Waals surface area contributed by atoms with Gasteiger partial charge in [-0.2, -0.15) is 0 Å². The number of nitrogens with one attached hydrogen (secondary N) is 2. The summed E-state index contributed by atoms with van der Waals surface area (Å²) in [6, 6.07) is 6.48. The third-order valence-corrected chi connectivity index (χ3v) is 5.70. The third-order valence-electron chi connectivity index (χ3n) is 4.69. The van der Waals surface area contributed by atoms with Gasteiger partial charge in [-0.1, -0.05) is 31.4 Å². The number of rotatable bonds is 3. The van der Waals surface area contributed by atoms with Crippen molar-refractivity contribution in [1.82, 2.24) is 9.97 Å². The summed E-state index contributed by atoms with van der Waals surface area (Å²) in [4.78, 5) is 8.09. The lowest BCUT2D eigenvalue weighted by molar-refractivity contribution is 0.358. The minimum Gasteiger partial charge on any atom is -0.360 e. The largest absolute Gasteiger partial charge is 0.360 e. The molecule has 120 valence electrons. The molecule has 2 N–H and O–H groups in total. The van der Waals surface area contributed by atoms with Gasteiger partial charge in [0, 0.05) is 39.1 Å². The van der Waals surface area contributed by atoms with E-state index in [0.29, 0.717) is 6.04 Å². The van der Waals surface area contributed by atoms with Gasteiger partial charge >= 0.3 is 0 Å². The molecular formula is C18H20ClN3S. The topological polar surface area (TPSA) is 40.7 Å². The number of halogens is 1. The van der Waals surface area contributed by atoms with Gasteiger partial charge in [0.15, 0.2) is 5.13 Å². The summed E-state index contributed by atoms with van der Waals surface area (Å²) in [5, 5.41) is 8.65. The van der Waals surface area contributed by atoms with Crippen LogP contribution in [0, 0.1) is 5.92 Å². The quantitative estimate of drug-likeness (QED) is 0.617. The minimum absolute atomic E-state index is 0.565. The molecule has 0 amide bonds. The van der Waals surface area contributed by atoms with Crippen LogP contribution in [-0.2, 0) is 0 Å². The third kappa shape index (κ3) is 3.10. The average molecular weight is 346 g/mol. The normalized spacial score (nSPS) is 21.7. The van der Waals surface area contributed by atoms with Gasteiger partial charge in [-0.15, -0.1) is 11.3 Å². The Labute approximate surface area is 145 Å².